The van der Waals surface area contributed by atoms with Crippen molar-refractivity contribution in [3.8, 4) is 0 Å². The lowest BCUT2D eigenvalue weighted by Crippen LogP contribution is -2.51. The number of benzene rings is 2. The summed E-state index contributed by atoms with van der Waals surface area (Å²) in [5.74, 6) is 0.972. The largest absolute Gasteiger partial charge is 0.315 e. The molecule has 0 aromatic heterocycles. The van der Waals surface area contributed by atoms with Gasteiger partial charge in [-0.3, -0.25) is 9.11 Å². The molecule has 2 aromatic carbocycles. The van der Waals surface area contributed by atoms with Gasteiger partial charge in [0.05, 0.1) is 9.79 Å². The Kier molecular flexibility index (Phi) is 7.92. The van der Waals surface area contributed by atoms with Gasteiger partial charge in [0.25, 0.3) is 20.2 Å². The third-order valence-corrected chi connectivity index (χ3v) is 6.36. The molecular weight excluding hydrogens is 416 g/mol. The molecule has 0 radical (unpaired) electrons. The molecule has 0 amide bonds. The lowest BCUT2D eigenvalue weighted by atomic mass is 9.96. The lowest BCUT2D eigenvalue weighted by molar-refractivity contribution is 0.297. The van der Waals surface area contributed by atoms with Crippen molar-refractivity contribution < 1.29 is 25.9 Å². The van der Waals surface area contributed by atoms with Crippen molar-refractivity contribution in [2.24, 2.45) is 5.92 Å². The average Bonchev–Trinajstić information content (AvgIpc) is 2.93. The maximum atomic E-state index is 10.5. The van der Waals surface area contributed by atoms with E-state index >= 15 is 0 Å². The van der Waals surface area contributed by atoms with Gasteiger partial charge in [0, 0.05) is 31.6 Å². The number of hydrogen-bond acceptors (Lipinski definition) is 6. The van der Waals surface area contributed by atoms with Gasteiger partial charge in [-0.05, 0) is 38.1 Å². The number of nitrogens with one attached hydrogen (secondary N) is 2. The van der Waals surface area contributed by atoms with E-state index in [0.717, 1.165) is 23.1 Å². The van der Waals surface area contributed by atoms with Crippen molar-refractivity contribution in [1.82, 2.24) is 10.6 Å². The van der Waals surface area contributed by atoms with Gasteiger partial charge < -0.3 is 10.6 Å². The average molecular weight is 443 g/mol. The van der Waals surface area contributed by atoms with Crippen LogP contribution in [0.3, 0.4) is 0 Å². The van der Waals surface area contributed by atoms with Gasteiger partial charge >= 0.3 is 0 Å². The molecule has 10 heteroatoms. The molecule has 2 aliphatic heterocycles. The van der Waals surface area contributed by atoms with E-state index in [0.29, 0.717) is 0 Å². The Labute approximate surface area is 171 Å². The van der Waals surface area contributed by atoms with E-state index in [1.165, 1.54) is 43.9 Å². The van der Waals surface area contributed by atoms with Crippen molar-refractivity contribution in [2.75, 3.05) is 19.6 Å². The Morgan fingerprint density at radius 3 is 1.34 bits per heavy atom. The second-order valence-electron chi connectivity index (χ2n) is 7.01. The Bertz CT molecular complexity index is 920. The fourth-order valence-electron chi connectivity index (χ4n) is 2.75. The Morgan fingerprint density at radius 1 is 0.724 bits per heavy atom. The van der Waals surface area contributed by atoms with Crippen LogP contribution in [0.25, 0.3) is 0 Å². The third kappa shape index (κ3) is 7.50. The van der Waals surface area contributed by atoms with Crippen molar-refractivity contribution in [3.63, 3.8) is 0 Å². The van der Waals surface area contributed by atoms with Crippen LogP contribution in [0.4, 0.5) is 0 Å². The van der Waals surface area contributed by atoms with Crippen LogP contribution >= 0.6 is 0 Å². The maximum absolute atomic E-state index is 10.5. The molecule has 0 bridgehead atoms. The van der Waals surface area contributed by atoms with Crippen LogP contribution in [-0.2, 0) is 20.2 Å². The summed E-state index contributed by atoms with van der Waals surface area (Å²) in [6.07, 6.45) is 0. The highest BCUT2D eigenvalue weighted by molar-refractivity contribution is 7.86. The lowest BCUT2D eigenvalue weighted by Gasteiger charge is -2.30. The summed E-state index contributed by atoms with van der Waals surface area (Å²) in [6.45, 7) is 7.38. The van der Waals surface area contributed by atoms with Gasteiger partial charge in [-0.25, -0.2) is 0 Å². The molecule has 2 saturated heterocycles. The molecule has 0 aliphatic carbocycles. The molecule has 4 rings (SSSR count). The molecule has 160 valence electrons. The number of fused-ring (bicyclic) bond motifs is 1. The Balaban J connectivity index is 0.000000159. The normalized spacial score (nSPS) is 20.3. The van der Waals surface area contributed by atoms with Crippen molar-refractivity contribution >= 4 is 20.2 Å². The van der Waals surface area contributed by atoms with E-state index < -0.39 is 20.2 Å². The first kappa shape index (κ1) is 23.5. The molecule has 4 N–H and O–H groups in total. The summed E-state index contributed by atoms with van der Waals surface area (Å²) in [5, 5.41) is 6.67. The highest BCUT2D eigenvalue weighted by Crippen LogP contribution is 2.15. The van der Waals surface area contributed by atoms with Crippen LogP contribution in [-0.4, -0.2) is 51.6 Å². The van der Waals surface area contributed by atoms with Crippen LogP contribution in [0.5, 0.6) is 0 Å². The zero-order chi connectivity index (χ0) is 21.7. The number of rotatable bonds is 2. The molecule has 2 atom stereocenters. The standard InChI is InChI=1S/2C7H8O3S.C5H10N2/c2*1-6-2-4-7(5-3-6)11(8,9)10;1-4-2-7-5(4)3-6-1/h2*2-5H,1H3,(H,8,9,10);4-7H,1-3H2. The van der Waals surface area contributed by atoms with E-state index in [9.17, 15) is 16.8 Å². The van der Waals surface area contributed by atoms with E-state index in [1.54, 1.807) is 24.3 Å². The highest BCUT2D eigenvalue weighted by Gasteiger charge is 2.33. The summed E-state index contributed by atoms with van der Waals surface area (Å²) < 4.78 is 59.1. The number of aryl methyl sites for hydroxylation is 2. The fourth-order valence-corrected chi connectivity index (χ4v) is 3.71. The van der Waals surface area contributed by atoms with Gasteiger partial charge in [-0.2, -0.15) is 16.8 Å². The zero-order valence-corrected chi connectivity index (χ0v) is 17.9. The van der Waals surface area contributed by atoms with Crippen LogP contribution < -0.4 is 10.6 Å². The first-order chi connectivity index (χ1) is 13.5. The zero-order valence-electron chi connectivity index (χ0n) is 16.2. The smallest absolute Gasteiger partial charge is 0.294 e. The second-order valence-corrected chi connectivity index (χ2v) is 9.85. The van der Waals surface area contributed by atoms with E-state index in [4.69, 9.17) is 9.11 Å². The molecular formula is C19H26N2O6S2. The molecule has 0 spiro atoms. The molecule has 2 aliphatic rings. The summed E-state index contributed by atoms with van der Waals surface area (Å²) in [6, 6.07) is 12.8. The SMILES string of the molecule is C1NCC2NCC12.Cc1ccc(S(=O)(=O)O)cc1.Cc1ccc(S(=O)(=O)O)cc1. The van der Waals surface area contributed by atoms with Gasteiger partial charge in [0.1, 0.15) is 0 Å². The van der Waals surface area contributed by atoms with E-state index in [1.807, 2.05) is 13.8 Å². The van der Waals surface area contributed by atoms with Gasteiger partial charge in [0.15, 0.2) is 0 Å². The quantitative estimate of drug-likeness (QED) is 0.516. The maximum Gasteiger partial charge on any atom is 0.294 e. The minimum Gasteiger partial charge on any atom is -0.315 e. The predicted octanol–water partition coefficient (Wildman–Crippen LogP) is 1.66. The van der Waals surface area contributed by atoms with E-state index in [2.05, 4.69) is 10.6 Å². The summed E-state index contributed by atoms with van der Waals surface area (Å²) in [5.41, 5.74) is 1.91. The van der Waals surface area contributed by atoms with Gasteiger partial charge in [0.2, 0.25) is 0 Å². The first-order valence-electron chi connectivity index (χ1n) is 8.99. The molecule has 2 heterocycles. The van der Waals surface area contributed by atoms with Crippen molar-refractivity contribution in [3.05, 3.63) is 59.7 Å². The Morgan fingerprint density at radius 2 is 1.14 bits per heavy atom. The van der Waals surface area contributed by atoms with Gasteiger partial charge in [-0.1, -0.05) is 35.4 Å². The highest BCUT2D eigenvalue weighted by atomic mass is 32.2. The molecule has 29 heavy (non-hydrogen) atoms. The van der Waals surface area contributed by atoms with E-state index in [-0.39, 0.29) is 9.79 Å². The van der Waals surface area contributed by atoms with Crippen LogP contribution in [0.15, 0.2) is 58.3 Å². The summed E-state index contributed by atoms with van der Waals surface area (Å²) in [7, 11) is -8.04. The van der Waals surface area contributed by atoms with Crippen molar-refractivity contribution in [1.29, 1.82) is 0 Å². The predicted molar refractivity (Wildman–Crippen MR) is 110 cm³/mol. The minimum absolute atomic E-state index is 0.0666. The topological polar surface area (TPSA) is 133 Å². The van der Waals surface area contributed by atoms with Crippen molar-refractivity contribution in [2.45, 2.75) is 29.7 Å². The molecule has 2 fully saturated rings. The van der Waals surface area contributed by atoms with Gasteiger partial charge in [-0.15, -0.1) is 0 Å². The molecule has 0 saturated carbocycles. The minimum atomic E-state index is -4.02. The fraction of sp³-hybridized carbons (Fsp3) is 0.368. The number of hydrogen-bond donors (Lipinski definition) is 4. The summed E-state index contributed by atoms with van der Waals surface area (Å²) in [4.78, 5) is -0.133. The van der Waals surface area contributed by atoms with Crippen LogP contribution in [0, 0.1) is 19.8 Å². The Hall–Kier alpha value is -1.82. The molecule has 8 nitrogen and oxygen atoms in total. The van der Waals surface area contributed by atoms with Crippen LogP contribution in [0.1, 0.15) is 11.1 Å². The summed E-state index contributed by atoms with van der Waals surface area (Å²) >= 11 is 0. The van der Waals surface area contributed by atoms with Crippen LogP contribution in [0.2, 0.25) is 0 Å². The monoisotopic (exact) mass is 442 g/mol. The molecule has 2 unspecified atom stereocenters. The second kappa shape index (κ2) is 9.79. The first-order valence-corrected chi connectivity index (χ1v) is 11.9. The third-order valence-electron chi connectivity index (χ3n) is 4.62. The molecule has 2 aromatic rings.